The number of hydrogen-bond donors (Lipinski definition) is 2. The quantitative estimate of drug-likeness (QED) is 0.0471. The van der Waals surface area contributed by atoms with E-state index in [2.05, 4.69) is 65.9 Å². The van der Waals surface area contributed by atoms with Gasteiger partial charge in [0.05, 0.1) is 43.8 Å². The lowest BCUT2D eigenvalue weighted by Crippen LogP contribution is -2.41. The van der Waals surface area contributed by atoms with E-state index in [0.717, 1.165) is 26.6 Å². The van der Waals surface area contributed by atoms with E-state index in [4.69, 9.17) is 54.1 Å². The molecule has 1 aliphatic rings. The Labute approximate surface area is 531 Å². The molecule has 3 N–H and O–H groups in total. The molecule has 91 heavy (non-hydrogen) atoms. The molecule has 3 aromatic carbocycles. The number of pyridine rings is 3. The number of halogens is 9. The molecule has 464 valence electrons. The van der Waals surface area contributed by atoms with Gasteiger partial charge < -0.3 is 9.31 Å². The molecule has 1 amide bonds. The molecule has 22 nitrogen and oxygen atoms in total. The van der Waals surface area contributed by atoms with Crippen molar-refractivity contribution in [2.24, 2.45) is 19.9 Å². The molecule has 1 aliphatic heterocycles. The van der Waals surface area contributed by atoms with Crippen LogP contribution in [0.5, 0.6) is 0 Å². The first-order chi connectivity index (χ1) is 44.4. The summed E-state index contributed by atoms with van der Waals surface area (Å²) in [6.45, 7) is 8.18. The predicted octanol–water partition coefficient (Wildman–Crippen LogP) is 10.5. The molecule has 0 spiro atoms. The van der Waals surface area contributed by atoms with Gasteiger partial charge in [-0.05, 0) is 119 Å². The standard InChI is InChI=1S/C19H13F2N7.C15H8ClF2N5.C11H9F2N3O.C10H17BN2O2.C4H2Cl2N2/c1-27-11-13(10-23-27)16-6-7-17-24-25-18(28(17)26-16)19(20,21)14-4-5-15-12(9-14)3-2-8-22-15;16-12-5-6-13-20-21-14(23(13)22-12)15(17,18)10-3-4-11-9(8-10)2-1-7-19-11;12-11(13,10(17)16-14)8-3-4-9-7(6-8)2-1-5-15-9;1-9(2)10(3,4)15-11(14-9)8-6-12-13(5)7-8;5-3-1-2-4(6)8-7-3/h2-11H,1H3;1-8H;1-6H,14H2,(H,16,17);6-7H,1-5H3;1-2H/i8D;7D;5D;;. The van der Waals surface area contributed by atoms with Crippen molar-refractivity contribution in [2.45, 2.75) is 56.7 Å². The Morgan fingerprint density at radius 1 is 0.560 bits per heavy atom. The number of aromatic nitrogens is 17. The van der Waals surface area contributed by atoms with E-state index < -0.39 is 40.9 Å². The van der Waals surface area contributed by atoms with Gasteiger partial charge in [-0.1, -0.05) is 71.2 Å². The van der Waals surface area contributed by atoms with Crippen LogP contribution in [0.15, 0.2) is 171 Å². The molecular formula is C59H49BCl3F6N19O3. The molecule has 1 saturated heterocycles. The van der Waals surface area contributed by atoms with E-state index in [0.29, 0.717) is 54.3 Å². The fourth-order valence-electron chi connectivity index (χ4n) is 8.63. The summed E-state index contributed by atoms with van der Waals surface area (Å²) in [6, 6.07) is 29.9. The second-order valence-electron chi connectivity index (χ2n) is 20.8. The molecule has 0 unspecified atom stereocenters. The number of nitrogens with zero attached hydrogens (tertiary/aromatic N) is 17. The molecule has 0 atom stereocenters. The molecule has 0 bridgehead atoms. The number of carbonyl (C=O) groups excluding carboxylic acids is 1. The first kappa shape index (κ1) is 60.3. The molecule has 0 aliphatic carbocycles. The third-order valence-corrected chi connectivity index (χ3v) is 14.7. The van der Waals surface area contributed by atoms with Gasteiger partial charge in [-0.25, -0.2) is 5.84 Å². The summed E-state index contributed by atoms with van der Waals surface area (Å²) < 4.78 is 127. The van der Waals surface area contributed by atoms with Crippen LogP contribution < -0.4 is 16.7 Å². The number of rotatable bonds is 8. The number of carbonyl (C=O) groups is 1. The van der Waals surface area contributed by atoms with Crippen molar-refractivity contribution in [1.82, 2.24) is 89.8 Å². The average molecular weight is 1310 g/mol. The lowest BCUT2D eigenvalue weighted by molar-refractivity contribution is -0.147. The van der Waals surface area contributed by atoms with E-state index in [9.17, 15) is 22.4 Å². The largest absolute Gasteiger partial charge is 0.498 e. The van der Waals surface area contributed by atoms with Gasteiger partial charge in [0.1, 0.15) is 5.15 Å². The van der Waals surface area contributed by atoms with Gasteiger partial charge in [-0.15, -0.1) is 30.6 Å². The second-order valence-corrected chi connectivity index (χ2v) is 22.0. The fourth-order valence-corrected chi connectivity index (χ4v) is 8.97. The molecular weight excluding hydrogens is 1250 g/mol. The Hall–Kier alpha value is -9.65. The van der Waals surface area contributed by atoms with E-state index in [-0.39, 0.29) is 64.4 Å². The number of hydrogen-bond acceptors (Lipinski definition) is 17. The van der Waals surface area contributed by atoms with Gasteiger partial charge >= 0.3 is 30.8 Å². The topological polar surface area (TPSA) is 260 Å². The van der Waals surface area contributed by atoms with Crippen molar-refractivity contribution in [3.05, 3.63) is 214 Å². The summed E-state index contributed by atoms with van der Waals surface area (Å²) in [6.07, 6.45) is 7.24. The Morgan fingerprint density at radius 3 is 1.45 bits per heavy atom. The van der Waals surface area contributed by atoms with Crippen LogP contribution in [0.25, 0.3) is 55.3 Å². The highest BCUT2D eigenvalue weighted by atomic mass is 35.5. The van der Waals surface area contributed by atoms with Crippen LogP contribution >= 0.6 is 34.8 Å². The third-order valence-electron chi connectivity index (χ3n) is 14.1. The SMILES string of the molecule is Clc1ccc(Cl)nn1.Cn1cc(B2OC(C)(C)C(C)(C)O2)cn1.[2H]c1ccc2cc(C(F)(F)C(=O)NN)ccc2n1.[2H]c1ccc2cc(C(F)(F)c3nnc4ccc(-c5cnn(C)c5)nn34)ccc2n1.[2H]c1ccc2cc(C(F)(F)c3nnc4ccc(Cl)nn34)ccc2n1. The molecule has 0 saturated carbocycles. The minimum Gasteiger partial charge on any atom is -0.399 e. The number of alkyl halides is 6. The summed E-state index contributed by atoms with van der Waals surface area (Å²) in [5.74, 6) is -8.64. The van der Waals surface area contributed by atoms with Crippen LogP contribution in [0.2, 0.25) is 15.5 Å². The van der Waals surface area contributed by atoms with Crippen LogP contribution in [0.1, 0.15) is 60.1 Å². The van der Waals surface area contributed by atoms with Crippen molar-refractivity contribution >= 4 is 97.3 Å². The van der Waals surface area contributed by atoms with Crippen LogP contribution in [-0.2, 0) is 46.0 Å². The van der Waals surface area contributed by atoms with Crippen molar-refractivity contribution in [1.29, 1.82) is 0 Å². The van der Waals surface area contributed by atoms with Gasteiger partial charge in [0, 0.05) is 95.1 Å². The van der Waals surface area contributed by atoms with Crippen LogP contribution in [-0.4, -0.2) is 109 Å². The minimum atomic E-state index is -3.71. The monoisotopic (exact) mass is 1300 g/mol. The first-order valence-electron chi connectivity index (χ1n) is 28.3. The average Bonchev–Trinajstić information content (AvgIpc) is 1.50. The maximum Gasteiger partial charge on any atom is 0.498 e. The summed E-state index contributed by atoms with van der Waals surface area (Å²) in [4.78, 5) is 22.9. The second kappa shape index (κ2) is 26.1. The Kier molecular flexibility index (Phi) is 17.3. The molecule has 14 rings (SSSR count). The van der Waals surface area contributed by atoms with E-state index >= 15 is 8.78 Å². The van der Waals surface area contributed by atoms with Crippen LogP contribution in [0.3, 0.4) is 0 Å². The smallest absolute Gasteiger partial charge is 0.399 e. The van der Waals surface area contributed by atoms with Gasteiger partial charge in [-0.2, -0.15) is 55.8 Å². The number of fused-ring (bicyclic) bond motifs is 5. The van der Waals surface area contributed by atoms with Crippen molar-refractivity contribution in [3.8, 4) is 11.3 Å². The third kappa shape index (κ3) is 14.1. The highest BCUT2D eigenvalue weighted by Gasteiger charge is 2.52. The molecule has 1 fully saturated rings. The number of amides is 1. The van der Waals surface area contributed by atoms with Gasteiger partial charge in [0.15, 0.2) is 21.6 Å². The number of nitrogens with two attached hydrogens (primary N) is 1. The highest BCUT2D eigenvalue weighted by molar-refractivity contribution is 6.62. The summed E-state index contributed by atoms with van der Waals surface area (Å²) in [5, 5.41) is 40.3. The van der Waals surface area contributed by atoms with Crippen molar-refractivity contribution in [3.63, 3.8) is 0 Å². The summed E-state index contributed by atoms with van der Waals surface area (Å²) in [5.41, 5.74) is 3.74. The van der Waals surface area contributed by atoms with E-state index in [1.54, 1.807) is 71.4 Å². The van der Waals surface area contributed by atoms with E-state index in [1.165, 1.54) is 84.3 Å². The van der Waals surface area contributed by atoms with E-state index in [1.807, 2.05) is 40.9 Å². The lowest BCUT2D eigenvalue weighted by Gasteiger charge is -2.32. The maximum absolute atomic E-state index is 15.4. The normalized spacial score (nSPS) is 14.1. The van der Waals surface area contributed by atoms with Gasteiger partial charge in [0.25, 0.3) is 0 Å². The number of benzene rings is 3. The number of nitrogens with one attached hydrogen (secondary N) is 1. The maximum atomic E-state index is 15.4. The molecule has 10 aromatic heterocycles. The Morgan fingerprint density at radius 2 is 1.00 bits per heavy atom. The van der Waals surface area contributed by atoms with Crippen LogP contribution in [0.4, 0.5) is 26.3 Å². The summed E-state index contributed by atoms with van der Waals surface area (Å²) >= 11 is 16.5. The van der Waals surface area contributed by atoms with Gasteiger partial charge in [-0.3, -0.25) is 34.5 Å². The minimum absolute atomic E-state index is 0.0433. The van der Waals surface area contributed by atoms with Gasteiger partial charge in [0.2, 0.25) is 11.6 Å². The number of aryl methyl sites for hydroxylation is 2. The highest BCUT2D eigenvalue weighted by Crippen LogP contribution is 2.39. The van der Waals surface area contributed by atoms with Crippen LogP contribution in [0, 0.1) is 0 Å². The zero-order valence-corrected chi connectivity index (χ0v) is 50.6. The summed E-state index contributed by atoms with van der Waals surface area (Å²) in [7, 11) is 3.34. The van der Waals surface area contributed by atoms with Crippen molar-refractivity contribution < 1.29 is 44.6 Å². The number of hydrazine groups is 1. The molecule has 0 radical (unpaired) electrons. The lowest BCUT2D eigenvalue weighted by atomic mass is 9.82. The Balaban J connectivity index is 0.000000135. The Bertz CT molecular complexity index is 4900. The first-order valence-corrected chi connectivity index (χ1v) is 27.9. The zero-order chi connectivity index (χ0) is 67.7. The zero-order valence-electron chi connectivity index (χ0n) is 51.3. The predicted molar refractivity (Wildman–Crippen MR) is 327 cm³/mol. The molecule has 13 aromatic rings. The fraction of sp³-hybridized carbons (Fsp3) is 0.186. The molecule has 32 heteroatoms. The molecule has 11 heterocycles. The van der Waals surface area contributed by atoms with Crippen molar-refractivity contribution in [2.75, 3.05) is 0 Å².